The fraction of sp³-hybridized carbons (Fsp3) is 0.250. The highest BCUT2D eigenvalue weighted by atomic mass is 35.5. The molecular formula is C24H24ClN3O2S. The molecule has 0 aliphatic carbocycles. The third kappa shape index (κ3) is 4.98. The van der Waals surface area contributed by atoms with Crippen molar-refractivity contribution in [3.63, 3.8) is 0 Å². The number of benzene rings is 2. The van der Waals surface area contributed by atoms with Gasteiger partial charge in [0.15, 0.2) is 0 Å². The van der Waals surface area contributed by atoms with E-state index in [1.165, 1.54) is 16.0 Å². The molecule has 1 aliphatic heterocycles. The van der Waals surface area contributed by atoms with Crippen LogP contribution in [0.2, 0.25) is 5.02 Å². The number of anilines is 1. The van der Waals surface area contributed by atoms with Gasteiger partial charge in [-0.3, -0.25) is 14.5 Å². The lowest BCUT2D eigenvalue weighted by Gasteiger charge is -2.35. The standard InChI is InChI=1S/C24H24ClN3O2S/c1-16-19(25)8-4-9-20(16)27-24(30)23(29)26-14-21(22-10-5-13-31-22)28-12-11-17-6-2-3-7-18(17)15-28/h2-10,13,21H,11-12,14-15H2,1H3,(H,26,29)(H,27,30)/t21-/m0/s1. The normalized spacial score (nSPS) is 14.5. The largest absolute Gasteiger partial charge is 0.346 e. The summed E-state index contributed by atoms with van der Waals surface area (Å²) in [7, 11) is 0. The molecule has 7 heteroatoms. The quantitative estimate of drug-likeness (QED) is 0.556. The minimum Gasteiger partial charge on any atom is -0.346 e. The molecule has 5 nitrogen and oxygen atoms in total. The van der Waals surface area contributed by atoms with Gasteiger partial charge in [0.25, 0.3) is 0 Å². The van der Waals surface area contributed by atoms with E-state index in [9.17, 15) is 9.59 Å². The van der Waals surface area contributed by atoms with E-state index >= 15 is 0 Å². The van der Waals surface area contributed by atoms with Gasteiger partial charge in [0.1, 0.15) is 0 Å². The smallest absolute Gasteiger partial charge is 0.313 e. The number of carbonyl (C=O) groups excluding carboxylic acids is 2. The molecule has 31 heavy (non-hydrogen) atoms. The van der Waals surface area contributed by atoms with Crippen molar-refractivity contribution < 1.29 is 9.59 Å². The van der Waals surface area contributed by atoms with Crippen molar-refractivity contribution in [2.75, 3.05) is 18.4 Å². The highest BCUT2D eigenvalue weighted by Crippen LogP contribution is 2.30. The molecule has 0 bridgehead atoms. The van der Waals surface area contributed by atoms with Gasteiger partial charge < -0.3 is 10.6 Å². The number of nitrogens with zero attached hydrogens (tertiary/aromatic N) is 1. The number of nitrogens with one attached hydrogen (secondary N) is 2. The minimum atomic E-state index is -0.695. The molecule has 3 aromatic rings. The Morgan fingerprint density at radius 1 is 1.06 bits per heavy atom. The molecule has 0 fully saturated rings. The second kappa shape index (κ2) is 9.64. The highest BCUT2D eigenvalue weighted by Gasteiger charge is 2.27. The Labute approximate surface area is 191 Å². The van der Waals surface area contributed by atoms with Crippen LogP contribution >= 0.6 is 22.9 Å². The first kappa shape index (κ1) is 21.6. The Morgan fingerprint density at radius 2 is 1.87 bits per heavy atom. The molecular weight excluding hydrogens is 430 g/mol. The van der Waals surface area contributed by atoms with Crippen LogP contribution in [0.3, 0.4) is 0 Å². The number of amides is 2. The highest BCUT2D eigenvalue weighted by molar-refractivity contribution is 7.10. The lowest BCUT2D eigenvalue weighted by Crippen LogP contribution is -2.43. The van der Waals surface area contributed by atoms with Crippen LogP contribution in [0.1, 0.15) is 27.6 Å². The van der Waals surface area contributed by atoms with Gasteiger partial charge in [0.05, 0.1) is 6.04 Å². The van der Waals surface area contributed by atoms with Crippen LogP contribution in [0.25, 0.3) is 0 Å². The predicted molar refractivity (Wildman–Crippen MR) is 125 cm³/mol. The molecule has 0 unspecified atom stereocenters. The maximum Gasteiger partial charge on any atom is 0.313 e. The summed E-state index contributed by atoms with van der Waals surface area (Å²) in [5.74, 6) is -1.35. The van der Waals surface area contributed by atoms with Gasteiger partial charge in [-0.15, -0.1) is 11.3 Å². The van der Waals surface area contributed by atoms with Gasteiger partial charge in [0, 0.05) is 35.2 Å². The Hall–Kier alpha value is -2.67. The number of thiophene rings is 1. The van der Waals surface area contributed by atoms with Crippen molar-refractivity contribution in [3.05, 3.63) is 86.6 Å². The maximum atomic E-state index is 12.5. The molecule has 0 spiro atoms. The molecule has 2 heterocycles. The second-order valence-electron chi connectivity index (χ2n) is 7.60. The van der Waals surface area contributed by atoms with Gasteiger partial charge in [0.2, 0.25) is 0 Å². The Balaban J connectivity index is 1.43. The average molecular weight is 454 g/mol. The molecule has 2 aromatic carbocycles. The van der Waals surface area contributed by atoms with Gasteiger partial charge in [-0.2, -0.15) is 0 Å². The summed E-state index contributed by atoms with van der Waals surface area (Å²) in [5, 5.41) is 8.06. The van der Waals surface area contributed by atoms with Gasteiger partial charge in [-0.25, -0.2) is 0 Å². The molecule has 0 saturated heterocycles. The van der Waals surface area contributed by atoms with Crippen LogP contribution < -0.4 is 10.6 Å². The van der Waals surface area contributed by atoms with E-state index in [1.807, 2.05) is 11.4 Å². The van der Waals surface area contributed by atoms with Gasteiger partial charge in [-0.05, 0) is 53.6 Å². The van der Waals surface area contributed by atoms with Crippen LogP contribution in [-0.2, 0) is 22.6 Å². The van der Waals surface area contributed by atoms with Crippen LogP contribution in [-0.4, -0.2) is 29.8 Å². The van der Waals surface area contributed by atoms with Crippen LogP contribution in [0.15, 0.2) is 60.0 Å². The molecule has 4 rings (SSSR count). The Morgan fingerprint density at radius 3 is 2.65 bits per heavy atom. The van der Waals surface area contributed by atoms with E-state index in [1.54, 1.807) is 36.5 Å². The Bertz CT molecular complexity index is 1080. The molecule has 1 aromatic heterocycles. The van der Waals surface area contributed by atoms with E-state index in [-0.39, 0.29) is 6.04 Å². The van der Waals surface area contributed by atoms with Crippen molar-refractivity contribution in [2.24, 2.45) is 0 Å². The van der Waals surface area contributed by atoms with Crippen molar-refractivity contribution in [1.82, 2.24) is 10.2 Å². The number of halogens is 1. The number of rotatable bonds is 5. The first-order valence-corrected chi connectivity index (χ1v) is 11.5. The summed E-state index contributed by atoms with van der Waals surface area (Å²) >= 11 is 7.77. The first-order chi connectivity index (χ1) is 15.0. The second-order valence-corrected chi connectivity index (χ2v) is 8.98. The van der Waals surface area contributed by atoms with E-state index < -0.39 is 11.8 Å². The molecule has 1 aliphatic rings. The zero-order valence-corrected chi connectivity index (χ0v) is 18.8. The SMILES string of the molecule is Cc1c(Cl)cccc1NC(=O)C(=O)NC[C@@H](c1cccs1)N1CCc2ccccc2C1. The minimum absolute atomic E-state index is 0.0120. The predicted octanol–water partition coefficient (Wildman–Crippen LogP) is 4.56. The van der Waals surface area contributed by atoms with Crippen LogP contribution in [0.5, 0.6) is 0 Å². The summed E-state index contributed by atoms with van der Waals surface area (Å²) in [5.41, 5.74) is 3.96. The van der Waals surface area contributed by atoms with Crippen molar-refractivity contribution in [2.45, 2.75) is 25.9 Å². The summed E-state index contributed by atoms with van der Waals surface area (Å²) in [4.78, 5) is 28.5. The molecule has 0 saturated carbocycles. The molecule has 2 amide bonds. The van der Waals surface area contributed by atoms with E-state index in [4.69, 9.17) is 11.6 Å². The molecule has 0 radical (unpaired) electrons. The average Bonchev–Trinajstić information content (AvgIpc) is 3.31. The van der Waals surface area contributed by atoms with Crippen molar-refractivity contribution >= 4 is 40.4 Å². The van der Waals surface area contributed by atoms with E-state index in [2.05, 4.69) is 45.9 Å². The van der Waals surface area contributed by atoms with E-state index in [0.717, 1.165) is 25.1 Å². The lowest BCUT2D eigenvalue weighted by molar-refractivity contribution is -0.136. The fourth-order valence-corrected chi connectivity index (χ4v) is 4.90. The number of carbonyl (C=O) groups is 2. The Kier molecular flexibility index (Phi) is 6.70. The third-order valence-corrected chi connectivity index (χ3v) is 7.03. The van der Waals surface area contributed by atoms with Gasteiger partial charge in [-0.1, -0.05) is 48.0 Å². The molecule has 1 atom stereocenters. The van der Waals surface area contributed by atoms with Crippen LogP contribution in [0.4, 0.5) is 5.69 Å². The first-order valence-electron chi connectivity index (χ1n) is 10.2. The third-order valence-electron chi connectivity index (χ3n) is 5.65. The summed E-state index contributed by atoms with van der Waals surface area (Å²) < 4.78 is 0. The van der Waals surface area contributed by atoms with Gasteiger partial charge >= 0.3 is 11.8 Å². The van der Waals surface area contributed by atoms with Crippen LogP contribution in [0, 0.1) is 6.92 Å². The molecule has 2 N–H and O–H groups in total. The zero-order chi connectivity index (χ0) is 21.8. The maximum absolute atomic E-state index is 12.5. The lowest BCUT2D eigenvalue weighted by atomic mass is 9.98. The number of hydrogen-bond acceptors (Lipinski definition) is 4. The number of hydrogen-bond donors (Lipinski definition) is 2. The van der Waals surface area contributed by atoms with E-state index in [0.29, 0.717) is 17.3 Å². The zero-order valence-electron chi connectivity index (χ0n) is 17.2. The fourth-order valence-electron chi connectivity index (χ4n) is 3.87. The topological polar surface area (TPSA) is 61.4 Å². The van der Waals surface area contributed by atoms with Crippen molar-refractivity contribution in [1.29, 1.82) is 0 Å². The molecule has 160 valence electrons. The van der Waals surface area contributed by atoms with Crippen molar-refractivity contribution in [3.8, 4) is 0 Å². The monoisotopic (exact) mass is 453 g/mol. The summed E-state index contributed by atoms with van der Waals surface area (Å²) in [6, 6.07) is 17.8. The number of fused-ring (bicyclic) bond motifs is 1. The summed E-state index contributed by atoms with van der Waals surface area (Å²) in [6.07, 6.45) is 0.973. The summed E-state index contributed by atoms with van der Waals surface area (Å²) in [6.45, 7) is 3.90.